The Balaban J connectivity index is 1.85. The number of methoxy groups -OCH3 is 1. The fraction of sp³-hybridized carbons (Fsp3) is 0.619. The second-order valence-corrected chi connectivity index (χ2v) is 9.83. The molecule has 1 aliphatic rings. The van der Waals surface area contributed by atoms with E-state index in [2.05, 4.69) is 14.9 Å². The number of fused-ring (bicyclic) bond motifs is 1. The molecule has 2 aromatic rings. The zero-order valence-electron chi connectivity index (χ0n) is 19.1. The number of halogens is 1. The van der Waals surface area contributed by atoms with Gasteiger partial charge in [-0.2, -0.15) is 4.98 Å². The van der Waals surface area contributed by atoms with Crippen LogP contribution in [0.2, 0.25) is 5.28 Å². The predicted octanol–water partition coefficient (Wildman–Crippen LogP) is 3.90. The van der Waals surface area contributed by atoms with Crippen LogP contribution in [0, 0.1) is 6.92 Å². The molecule has 9 nitrogen and oxygen atoms in total. The molecule has 32 heavy (non-hydrogen) atoms. The number of ether oxygens (including phenoxy) is 3. The summed E-state index contributed by atoms with van der Waals surface area (Å²) in [6.45, 7) is 10.2. The lowest BCUT2D eigenvalue weighted by molar-refractivity contribution is 0.0262. The van der Waals surface area contributed by atoms with E-state index >= 15 is 0 Å². The SMILES string of the molecule is COCCOC(=O)c1sc2nc(Cl)nc(N3CCCN(C(=O)OC(C)(C)C)CC3)c2c1C. The summed E-state index contributed by atoms with van der Waals surface area (Å²) >= 11 is 7.46. The van der Waals surface area contributed by atoms with Gasteiger partial charge in [0, 0.05) is 33.3 Å². The van der Waals surface area contributed by atoms with Crippen LogP contribution in [0.3, 0.4) is 0 Å². The molecule has 11 heteroatoms. The molecular formula is C21H29ClN4O5S. The fourth-order valence-electron chi connectivity index (χ4n) is 3.44. The van der Waals surface area contributed by atoms with Crippen LogP contribution in [0.15, 0.2) is 0 Å². The Morgan fingerprint density at radius 1 is 1.12 bits per heavy atom. The summed E-state index contributed by atoms with van der Waals surface area (Å²) in [4.78, 5) is 38.8. The van der Waals surface area contributed by atoms with Crippen molar-refractivity contribution in [3.63, 3.8) is 0 Å². The van der Waals surface area contributed by atoms with Gasteiger partial charge in [0.05, 0.1) is 12.0 Å². The average Bonchev–Trinajstić information content (AvgIpc) is 2.88. The Kier molecular flexibility index (Phi) is 7.79. The molecule has 1 aliphatic heterocycles. The van der Waals surface area contributed by atoms with Crippen molar-refractivity contribution in [3.8, 4) is 0 Å². The minimum Gasteiger partial charge on any atom is -0.459 e. The van der Waals surface area contributed by atoms with E-state index in [4.69, 9.17) is 25.8 Å². The maximum Gasteiger partial charge on any atom is 0.410 e. The molecule has 1 amide bonds. The third-order valence-corrected chi connectivity index (χ3v) is 6.23. The van der Waals surface area contributed by atoms with Crippen molar-refractivity contribution in [2.45, 2.75) is 39.7 Å². The van der Waals surface area contributed by atoms with Crippen LogP contribution in [0.4, 0.5) is 10.6 Å². The van der Waals surface area contributed by atoms with Crippen LogP contribution in [0.5, 0.6) is 0 Å². The summed E-state index contributed by atoms with van der Waals surface area (Å²) in [5.74, 6) is 0.243. The molecule has 2 aromatic heterocycles. The number of carbonyl (C=O) groups excluding carboxylic acids is 2. The first-order valence-corrected chi connectivity index (χ1v) is 11.7. The van der Waals surface area contributed by atoms with Crippen molar-refractivity contribution >= 4 is 51.0 Å². The highest BCUT2D eigenvalue weighted by Crippen LogP contribution is 2.37. The highest BCUT2D eigenvalue weighted by Gasteiger charge is 2.28. The first kappa shape index (κ1) is 24.5. The van der Waals surface area contributed by atoms with Crippen LogP contribution >= 0.6 is 22.9 Å². The monoisotopic (exact) mass is 484 g/mol. The summed E-state index contributed by atoms with van der Waals surface area (Å²) in [5, 5.41) is 0.894. The first-order valence-electron chi connectivity index (χ1n) is 10.5. The van der Waals surface area contributed by atoms with Gasteiger partial charge in [-0.3, -0.25) is 0 Å². The first-order chi connectivity index (χ1) is 15.1. The number of hydrogen-bond donors (Lipinski definition) is 0. The van der Waals surface area contributed by atoms with E-state index in [1.807, 2.05) is 27.7 Å². The second-order valence-electron chi connectivity index (χ2n) is 8.49. The molecule has 3 rings (SSSR count). The largest absolute Gasteiger partial charge is 0.459 e. The van der Waals surface area contributed by atoms with E-state index in [0.29, 0.717) is 48.3 Å². The van der Waals surface area contributed by atoms with Gasteiger partial charge < -0.3 is 24.0 Å². The lowest BCUT2D eigenvalue weighted by Gasteiger charge is -2.26. The predicted molar refractivity (Wildman–Crippen MR) is 124 cm³/mol. The molecule has 0 aliphatic carbocycles. The number of esters is 1. The summed E-state index contributed by atoms with van der Waals surface area (Å²) in [6.07, 6.45) is 0.426. The Morgan fingerprint density at radius 2 is 1.88 bits per heavy atom. The summed E-state index contributed by atoms with van der Waals surface area (Å²) in [6, 6.07) is 0. The van der Waals surface area contributed by atoms with Crippen molar-refractivity contribution < 1.29 is 23.8 Å². The van der Waals surface area contributed by atoms with Gasteiger partial charge in [0.1, 0.15) is 27.7 Å². The van der Waals surface area contributed by atoms with Gasteiger partial charge in [0.2, 0.25) is 5.28 Å². The van der Waals surface area contributed by atoms with Gasteiger partial charge in [-0.15, -0.1) is 11.3 Å². The third-order valence-electron chi connectivity index (χ3n) is 4.90. The molecule has 0 N–H and O–H groups in total. The molecule has 0 aromatic carbocycles. The minimum absolute atomic E-state index is 0.112. The average molecular weight is 485 g/mol. The molecule has 0 unspecified atom stereocenters. The molecule has 3 heterocycles. The molecule has 1 saturated heterocycles. The normalized spacial score (nSPS) is 15.1. The number of anilines is 1. The van der Waals surface area contributed by atoms with E-state index in [1.165, 1.54) is 11.3 Å². The van der Waals surface area contributed by atoms with Crippen LogP contribution in [-0.4, -0.2) is 79.0 Å². The van der Waals surface area contributed by atoms with Crippen molar-refractivity contribution in [2.24, 2.45) is 0 Å². The van der Waals surface area contributed by atoms with Crippen molar-refractivity contribution in [2.75, 3.05) is 51.4 Å². The Bertz CT molecular complexity index is 991. The zero-order chi connectivity index (χ0) is 23.5. The third kappa shape index (κ3) is 5.79. The zero-order valence-corrected chi connectivity index (χ0v) is 20.6. The maximum atomic E-state index is 12.5. The quantitative estimate of drug-likeness (QED) is 0.358. The lowest BCUT2D eigenvalue weighted by Crippen LogP contribution is -2.39. The van der Waals surface area contributed by atoms with E-state index in [1.54, 1.807) is 12.0 Å². The van der Waals surface area contributed by atoms with Crippen molar-refractivity contribution in [1.82, 2.24) is 14.9 Å². The van der Waals surface area contributed by atoms with E-state index < -0.39 is 11.6 Å². The number of carbonyl (C=O) groups is 2. The van der Waals surface area contributed by atoms with Crippen molar-refractivity contribution in [3.05, 3.63) is 15.7 Å². The highest BCUT2D eigenvalue weighted by atomic mass is 35.5. The number of amides is 1. The standard InChI is InChI=1S/C21H29ClN4O5S/c1-13-14-16(25-7-6-8-26(10-9-25)20(28)31-21(2,3)4)23-19(22)24-17(14)32-15(13)18(27)30-12-11-29-5/h6-12H2,1-5H3. The number of aryl methyl sites for hydroxylation is 1. The van der Waals surface area contributed by atoms with E-state index in [0.717, 1.165) is 17.4 Å². The summed E-state index contributed by atoms with van der Waals surface area (Å²) in [5.41, 5.74) is 0.213. The molecule has 0 saturated carbocycles. The number of hydrogen-bond acceptors (Lipinski definition) is 9. The topological polar surface area (TPSA) is 94.1 Å². The smallest absolute Gasteiger partial charge is 0.410 e. The molecular weight excluding hydrogens is 456 g/mol. The fourth-order valence-corrected chi connectivity index (χ4v) is 4.72. The number of aromatic nitrogens is 2. The molecule has 0 radical (unpaired) electrons. The molecule has 0 atom stereocenters. The summed E-state index contributed by atoms with van der Waals surface area (Å²) < 4.78 is 15.7. The van der Waals surface area contributed by atoms with E-state index in [9.17, 15) is 9.59 Å². The van der Waals surface area contributed by atoms with Gasteiger partial charge in [-0.1, -0.05) is 0 Å². The van der Waals surface area contributed by atoms with Gasteiger partial charge >= 0.3 is 12.1 Å². The van der Waals surface area contributed by atoms with E-state index in [-0.39, 0.29) is 18.0 Å². The molecule has 176 valence electrons. The Labute approximate surface area is 196 Å². The molecule has 1 fully saturated rings. The van der Waals surface area contributed by atoms with Gasteiger partial charge in [-0.25, -0.2) is 14.6 Å². The van der Waals surface area contributed by atoms with Gasteiger partial charge in [0.25, 0.3) is 0 Å². The van der Waals surface area contributed by atoms with Crippen LogP contribution in [0.1, 0.15) is 42.4 Å². The van der Waals surface area contributed by atoms with Gasteiger partial charge in [0.15, 0.2) is 0 Å². The Morgan fingerprint density at radius 3 is 2.56 bits per heavy atom. The second kappa shape index (κ2) is 10.2. The van der Waals surface area contributed by atoms with Crippen molar-refractivity contribution in [1.29, 1.82) is 0 Å². The van der Waals surface area contributed by atoms with Crippen LogP contribution in [0.25, 0.3) is 10.2 Å². The lowest BCUT2D eigenvalue weighted by atomic mass is 10.2. The van der Waals surface area contributed by atoms with Crippen LogP contribution < -0.4 is 4.90 Å². The Hall–Kier alpha value is -2.17. The number of rotatable bonds is 5. The number of thiophene rings is 1. The van der Waals surface area contributed by atoms with Crippen LogP contribution in [-0.2, 0) is 14.2 Å². The molecule has 0 spiro atoms. The minimum atomic E-state index is -0.544. The maximum absolute atomic E-state index is 12.5. The summed E-state index contributed by atoms with van der Waals surface area (Å²) in [7, 11) is 1.55. The number of nitrogens with zero attached hydrogens (tertiary/aromatic N) is 4. The van der Waals surface area contributed by atoms with Gasteiger partial charge in [-0.05, 0) is 51.3 Å². The molecule has 0 bridgehead atoms. The highest BCUT2D eigenvalue weighted by molar-refractivity contribution is 7.20.